The minimum Gasteiger partial charge on any atom is -0.293 e. The van der Waals surface area contributed by atoms with E-state index in [1.165, 1.54) is 0 Å². The van der Waals surface area contributed by atoms with Crippen molar-refractivity contribution in [1.29, 1.82) is 0 Å². The number of carbonyl (C=O) groups is 1. The Morgan fingerprint density at radius 3 is 1.83 bits per heavy atom. The van der Waals surface area contributed by atoms with Crippen LogP contribution in [-0.4, -0.2) is 31.2 Å². The van der Waals surface area contributed by atoms with Gasteiger partial charge in [0.15, 0.2) is 12.2 Å². The first-order valence-corrected chi connectivity index (χ1v) is 3.31. The lowest BCUT2D eigenvalue weighted by Gasteiger charge is -2.05. The Bertz CT molecular complexity index is 151. The molecule has 2 atom stereocenters. The summed E-state index contributed by atoms with van der Waals surface area (Å²) < 4.78 is 0. The molecular weight excluding hydrogens is 172 g/mol. The number of ketones is 1. The van der Waals surface area contributed by atoms with Crippen LogP contribution in [0.1, 0.15) is 0 Å². The molecule has 0 amide bonds. The van der Waals surface area contributed by atoms with Gasteiger partial charge in [-0.05, 0) is 0 Å². The van der Waals surface area contributed by atoms with E-state index in [1.807, 2.05) is 0 Å². The first kappa shape index (κ1) is 8.05. The van der Waals surface area contributed by atoms with Crippen LogP contribution in [0, 0.1) is 0 Å². The lowest BCUT2D eigenvalue weighted by molar-refractivity contribution is -0.461. The number of Topliss-reactive ketones (excluding diaryl/α,β-unsaturated/α-hetero) is 1. The Morgan fingerprint density at radius 1 is 1.00 bits per heavy atom. The Morgan fingerprint density at radius 2 is 1.50 bits per heavy atom. The first-order valence-electron chi connectivity index (χ1n) is 3.31. The van der Waals surface area contributed by atoms with Gasteiger partial charge in [-0.25, -0.2) is 9.78 Å². The summed E-state index contributed by atoms with van der Waals surface area (Å²) in [6, 6.07) is 0. The Balaban J connectivity index is 1.89. The highest BCUT2D eigenvalue weighted by molar-refractivity contribution is 5.87. The van der Waals surface area contributed by atoms with E-state index in [9.17, 15) is 4.79 Å². The zero-order chi connectivity index (χ0) is 8.39. The van der Waals surface area contributed by atoms with Crippen LogP contribution in [0.15, 0.2) is 0 Å². The van der Waals surface area contributed by atoms with Crippen molar-refractivity contribution in [1.82, 2.24) is 0 Å². The van der Waals surface area contributed by atoms with Crippen molar-refractivity contribution in [2.45, 2.75) is 12.2 Å². The Labute approximate surface area is 66.7 Å². The molecule has 0 bridgehead atoms. The zero-order valence-electron chi connectivity index (χ0n) is 5.93. The third-order valence-electron chi connectivity index (χ3n) is 1.48. The standard InChI is InChI=1S/C5H6O7/c6-5(3-1-7-11-9-3)4-2-8-12-10-4/h3-4H,1-2H2. The van der Waals surface area contributed by atoms with Gasteiger partial charge < -0.3 is 0 Å². The summed E-state index contributed by atoms with van der Waals surface area (Å²) in [5.41, 5.74) is 0. The van der Waals surface area contributed by atoms with E-state index < -0.39 is 12.2 Å². The highest BCUT2D eigenvalue weighted by atomic mass is 17.5. The second-order valence-electron chi connectivity index (χ2n) is 2.28. The van der Waals surface area contributed by atoms with Gasteiger partial charge in [0, 0.05) is 0 Å². The second kappa shape index (κ2) is 3.44. The van der Waals surface area contributed by atoms with Crippen LogP contribution < -0.4 is 0 Å². The van der Waals surface area contributed by atoms with Crippen LogP contribution in [0.4, 0.5) is 0 Å². The molecule has 7 nitrogen and oxygen atoms in total. The fourth-order valence-electron chi connectivity index (χ4n) is 0.852. The summed E-state index contributed by atoms with van der Waals surface area (Å²) in [5, 5.41) is 8.16. The van der Waals surface area contributed by atoms with Gasteiger partial charge in [-0.2, -0.15) is 9.78 Å². The summed E-state index contributed by atoms with van der Waals surface area (Å²) in [4.78, 5) is 28.9. The van der Waals surface area contributed by atoms with Crippen LogP contribution in [0.25, 0.3) is 0 Å². The predicted molar refractivity (Wildman–Crippen MR) is 28.8 cm³/mol. The molecule has 0 radical (unpaired) electrons. The van der Waals surface area contributed by atoms with E-state index in [0.717, 1.165) is 0 Å². The molecule has 2 aliphatic heterocycles. The zero-order valence-corrected chi connectivity index (χ0v) is 5.93. The summed E-state index contributed by atoms with van der Waals surface area (Å²) in [7, 11) is 0. The quantitative estimate of drug-likeness (QED) is 0.506. The molecule has 0 aromatic carbocycles. The fourth-order valence-corrected chi connectivity index (χ4v) is 0.852. The first-order chi connectivity index (χ1) is 5.88. The average Bonchev–Trinajstić information content (AvgIpc) is 2.77. The number of hydrogen-bond acceptors (Lipinski definition) is 7. The van der Waals surface area contributed by atoms with Crippen LogP contribution in [-0.2, 0) is 34.4 Å². The smallest absolute Gasteiger partial charge is 0.202 e. The molecule has 7 heteroatoms. The van der Waals surface area contributed by atoms with Crippen LogP contribution in [0.3, 0.4) is 0 Å². The van der Waals surface area contributed by atoms with E-state index in [2.05, 4.69) is 29.6 Å². The molecule has 2 heterocycles. The molecular formula is C5H6O7. The lowest BCUT2D eigenvalue weighted by Crippen LogP contribution is -2.34. The maximum Gasteiger partial charge on any atom is 0.202 e. The SMILES string of the molecule is O=C(C1COOO1)C1COOO1. The molecule has 2 rings (SSSR count). The van der Waals surface area contributed by atoms with Crippen molar-refractivity contribution in [3.63, 3.8) is 0 Å². The molecule has 2 saturated heterocycles. The van der Waals surface area contributed by atoms with Gasteiger partial charge in [0.25, 0.3) is 0 Å². The molecule has 0 N–H and O–H groups in total. The third kappa shape index (κ3) is 1.46. The largest absolute Gasteiger partial charge is 0.293 e. The fraction of sp³-hybridized carbons (Fsp3) is 0.800. The molecule has 2 aliphatic rings. The molecule has 0 saturated carbocycles. The third-order valence-corrected chi connectivity index (χ3v) is 1.48. The lowest BCUT2D eigenvalue weighted by atomic mass is 10.1. The maximum atomic E-state index is 11.3. The summed E-state index contributed by atoms with van der Waals surface area (Å²) >= 11 is 0. The van der Waals surface area contributed by atoms with E-state index in [1.54, 1.807) is 0 Å². The minimum absolute atomic E-state index is 0.0543. The minimum atomic E-state index is -0.764. The average molecular weight is 178 g/mol. The van der Waals surface area contributed by atoms with E-state index in [0.29, 0.717) is 0 Å². The Hall–Kier alpha value is -0.570. The normalized spacial score (nSPS) is 35.7. The molecule has 0 aliphatic carbocycles. The Kier molecular flexibility index (Phi) is 2.30. The molecule has 12 heavy (non-hydrogen) atoms. The summed E-state index contributed by atoms with van der Waals surface area (Å²) in [6.07, 6.45) is -1.53. The maximum absolute atomic E-state index is 11.3. The predicted octanol–water partition coefficient (Wildman–Crippen LogP) is -0.921. The molecule has 0 aromatic rings. The van der Waals surface area contributed by atoms with Gasteiger partial charge in [-0.1, -0.05) is 10.1 Å². The van der Waals surface area contributed by atoms with E-state index >= 15 is 0 Å². The highest BCUT2D eigenvalue weighted by Crippen LogP contribution is 2.13. The van der Waals surface area contributed by atoms with E-state index in [4.69, 9.17) is 0 Å². The summed E-state index contributed by atoms with van der Waals surface area (Å²) in [6.45, 7) is 0.109. The molecule has 2 fully saturated rings. The van der Waals surface area contributed by atoms with Crippen LogP contribution in [0.5, 0.6) is 0 Å². The van der Waals surface area contributed by atoms with Crippen LogP contribution >= 0.6 is 0 Å². The summed E-state index contributed by atoms with van der Waals surface area (Å²) in [5.74, 6) is -0.329. The monoisotopic (exact) mass is 178 g/mol. The van der Waals surface area contributed by atoms with E-state index in [-0.39, 0.29) is 19.0 Å². The van der Waals surface area contributed by atoms with Crippen molar-refractivity contribution in [3.8, 4) is 0 Å². The van der Waals surface area contributed by atoms with Gasteiger partial charge in [0.05, 0.1) is 0 Å². The topological polar surface area (TPSA) is 72.5 Å². The molecule has 2 unspecified atom stereocenters. The second-order valence-corrected chi connectivity index (χ2v) is 2.28. The van der Waals surface area contributed by atoms with Crippen molar-refractivity contribution >= 4 is 5.78 Å². The molecule has 0 aromatic heterocycles. The van der Waals surface area contributed by atoms with Gasteiger partial charge in [0.1, 0.15) is 13.2 Å². The van der Waals surface area contributed by atoms with Crippen molar-refractivity contribution in [2.24, 2.45) is 0 Å². The van der Waals surface area contributed by atoms with Gasteiger partial charge >= 0.3 is 0 Å². The van der Waals surface area contributed by atoms with Crippen molar-refractivity contribution < 1.29 is 34.4 Å². The van der Waals surface area contributed by atoms with Crippen molar-refractivity contribution in [2.75, 3.05) is 13.2 Å². The highest BCUT2D eigenvalue weighted by Gasteiger charge is 2.37. The molecule has 68 valence electrons. The van der Waals surface area contributed by atoms with Gasteiger partial charge in [0.2, 0.25) is 5.78 Å². The van der Waals surface area contributed by atoms with Crippen molar-refractivity contribution in [3.05, 3.63) is 0 Å². The number of carbonyl (C=O) groups excluding carboxylic acids is 1. The van der Waals surface area contributed by atoms with Crippen LogP contribution in [0.2, 0.25) is 0 Å². The molecule has 0 spiro atoms. The number of rotatable bonds is 2. The van der Waals surface area contributed by atoms with Gasteiger partial charge in [-0.3, -0.25) is 4.79 Å². The van der Waals surface area contributed by atoms with Gasteiger partial charge in [-0.15, -0.1) is 0 Å². The number of hydrogen-bond donors (Lipinski definition) is 0.